The number of carbonyl (C=O) groups is 1. The van der Waals surface area contributed by atoms with Crippen LogP contribution in [0, 0.1) is 23.3 Å². The van der Waals surface area contributed by atoms with Crippen molar-refractivity contribution in [3.63, 3.8) is 0 Å². The summed E-state index contributed by atoms with van der Waals surface area (Å²) < 4.78 is 52.0. The van der Waals surface area contributed by atoms with Crippen molar-refractivity contribution >= 4 is 5.91 Å². The van der Waals surface area contributed by atoms with Gasteiger partial charge in [-0.2, -0.15) is 0 Å². The van der Waals surface area contributed by atoms with Crippen LogP contribution >= 0.6 is 0 Å². The van der Waals surface area contributed by atoms with Gasteiger partial charge >= 0.3 is 0 Å². The highest BCUT2D eigenvalue weighted by Gasteiger charge is 2.30. The van der Waals surface area contributed by atoms with Gasteiger partial charge in [0.2, 0.25) is 0 Å². The van der Waals surface area contributed by atoms with Crippen LogP contribution in [0.4, 0.5) is 17.6 Å². The molecule has 0 saturated carbocycles. The van der Waals surface area contributed by atoms with E-state index < -0.39 is 40.8 Å². The minimum absolute atomic E-state index is 0.0428. The Morgan fingerprint density at radius 3 is 2.44 bits per heavy atom. The predicted octanol–water partition coefficient (Wildman–Crippen LogP) is 1.45. The van der Waals surface area contributed by atoms with Crippen molar-refractivity contribution in [3.8, 4) is 0 Å². The van der Waals surface area contributed by atoms with Gasteiger partial charge in [-0.1, -0.05) is 0 Å². The number of aliphatic hydroxyl groups is 1. The zero-order valence-electron chi connectivity index (χ0n) is 9.09. The van der Waals surface area contributed by atoms with Gasteiger partial charge in [-0.3, -0.25) is 4.79 Å². The molecule has 1 aliphatic rings. The summed E-state index contributed by atoms with van der Waals surface area (Å²) in [5, 5.41) is 9.22. The molecule has 0 aliphatic carbocycles. The first-order valence-electron chi connectivity index (χ1n) is 5.22. The lowest BCUT2D eigenvalue weighted by Gasteiger charge is -2.16. The van der Waals surface area contributed by atoms with Gasteiger partial charge < -0.3 is 10.0 Å². The van der Waals surface area contributed by atoms with Crippen LogP contribution in [-0.2, 0) is 0 Å². The number of β-amino-alcohol motifs (C(OH)–C–C–N with tert-alkyl or cyclic N) is 1. The molecule has 1 heterocycles. The van der Waals surface area contributed by atoms with Crippen LogP contribution in [0.5, 0.6) is 0 Å². The average Bonchev–Trinajstić information content (AvgIpc) is 2.77. The van der Waals surface area contributed by atoms with Crippen molar-refractivity contribution in [2.75, 3.05) is 13.1 Å². The number of carbonyl (C=O) groups excluding carboxylic acids is 1. The molecule has 1 fully saturated rings. The molecule has 1 N–H and O–H groups in total. The van der Waals surface area contributed by atoms with Crippen LogP contribution < -0.4 is 0 Å². The molecule has 1 atom stereocenters. The molecule has 18 heavy (non-hydrogen) atoms. The Bertz CT molecular complexity index is 506. The van der Waals surface area contributed by atoms with Crippen LogP contribution in [-0.4, -0.2) is 35.1 Å². The highest BCUT2D eigenvalue weighted by Crippen LogP contribution is 2.21. The zero-order valence-corrected chi connectivity index (χ0v) is 9.09. The van der Waals surface area contributed by atoms with Crippen molar-refractivity contribution in [2.45, 2.75) is 12.5 Å². The Balaban J connectivity index is 2.37. The van der Waals surface area contributed by atoms with Gasteiger partial charge in [0.15, 0.2) is 23.3 Å². The fourth-order valence-electron chi connectivity index (χ4n) is 1.83. The number of nitrogens with zero attached hydrogens (tertiary/aromatic N) is 1. The summed E-state index contributed by atoms with van der Waals surface area (Å²) in [6.07, 6.45) is -0.438. The summed E-state index contributed by atoms with van der Waals surface area (Å²) in [4.78, 5) is 12.8. The summed E-state index contributed by atoms with van der Waals surface area (Å²) in [7, 11) is 0. The van der Waals surface area contributed by atoms with Gasteiger partial charge in [-0.05, 0) is 12.5 Å². The number of hydrogen-bond acceptors (Lipinski definition) is 2. The molecule has 1 saturated heterocycles. The Kier molecular flexibility index (Phi) is 3.25. The molecule has 0 aromatic heterocycles. The smallest absolute Gasteiger partial charge is 0.257 e. The SMILES string of the molecule is O=C(c1cc(F)c(F)c(F)c1F)N1CC[C@@H](O)C1. The van der Waals surface area contributed by atoms with E-state index in [1.165, 1.54) is 0 Å². The molecular weight excluding hydrogens is 254 g/mol. The average molecular weight is 263 g/mol. The Labute approximate surface area is 99.6 Å². The molecule has 1 amide bonds. The Hall–Kier alpha value is -1.63. The molecular formula is C11H9F4NO2. The molecule has 3 nitrogen and oxygen atoms in total. The third-order valence-corrected chi connectivity index (χ3v) is 2.78. The minimum atomic E-state index is -2.02. The topological polar surface area (TPSA) is 40.5 Å². The minimum Gasteiger partial charge on any atom is -0.391 e. The van der Waals surface area contributed by atoms with Gasteiger partial charge in [-0.25, -0.2) is 17.6 Å². The van der Waals surface area contributed by atoms with E-state index >= 15 is 0 Å². The third-order valence-electron chi connectivity index (χ3n) is 2.78. The van der Waals surface area contributed by atoms with Crippen molar-refractivity contribution in [3.05, 3.63) is 34.9 Å². The molecule has 1 aliphatic heterocycles. The van der Waals surface area contributed by atoms with E-state index in [4.69, 9.17) is 0 Å². The lowest BCUT2D eigenvalue weighted by Crippen LogP contribution is -2.30. The summed E-state index contributed by atoms with van der Waals surface area (Å²) in [5.41, 5.74) is -0.875. The number of aliphatic hydroxyl groups excluding tert-OH is 1. The van der Waals surface area contributed by atoms with E-state index in [-0.39, 0.29) is 13.1 Å². The normalized spacial score (nSPS) is 19.4. The third kappa shape index (κ3) is 2.05. The van der Waals surface area contributed by atoms with Crippen molar-refractivity contribution in [2.24, 2.45) is 0 Å². The highest BCUT2D eigenvalue weighted by molar-refractivity contribution is 5.94. The zero-order chi connectivity index (χ0) is 13.4. The number of amides is 1. The molecule has 0 spiro atoms. The molecule has 98 valence electrons. The first kappa shape index (κ1) is 12.8. The van der Waals surface area contributed by atoms with Crippen molar-refractivity contribution < 1.29 is 27.5 Å². The molecule has 0 unspecified atom stereocenters. The van der Waals surface area contributed by atoms with Gasteiger partial charge in [0.1, 0.15) is 0 Å². The van der Waals surface area contributed by atoms with E-state index in [1.54, 1.807) is 0 Å². The van der Waals surface area contributed by atoms with E-state index in [0.717, 1.165) is 4.90 Å². The van der Waals surface area contributed by atoms with Crippen LogP contribution in [0.3, 0.4) is 0 Å². The van der Waals surface area contributed by atoms with Gasteiger partial charge in [-0.15, -0.1) is 0 Å². The van der Waals surface area contributed by atoms with Gasteiger partial charge in [0.25, 0.3) is 5.91 Å². The first-order chi connectivity index (χ1) is 8.41. The summed E-state index contributed by atoms with van der Waals surface area (Å²) >= 11 is 0. The van der Waals surface area contributed by atoms with Crippen molar-refractivity contribution in [1.82, 2.24) is 4.90 Å². The lowest BCUT2D eigenvalue weighted by molar-refractivity contribution is 0.0758. The second-order valence-electron chi connectivity index (χ2n) is 4.04. The van der Waals surface area contributed by atoms with Gasteiger partial charge in [0, 0.05) is 13.1 Å². The second-order valence-corrected chi connectivity index (χ2v) is 4.04. The molecule has 0 radical (unpaired) electrons. The monoisotopic (exact) mass is 263 g/mol. The fourth-order valence-corrected chi connectivity index (χ4v) is 1.83. The maximum Gasteiger partial charge on any atom is 0.257 e. The van der Waals surface area contributed by atoms with Crippen LogP contribution in [0.2, 0.25) is 0 Å². The summed E-state index contributed by atoms with van der Waals surface area (Å²) in [6, 6.07) is 0.320. The van der Waals surface area contributed by atoms with E-state index in [9.17, 15) is 27.5 Å². The van der Waals surface area contributed by atoms with Crippen LogP contribution in [0.25, 0.3) is 0 Å². The van der Waals surface area contributed by atoms with Crippen LogP contribution in [0.1, 0.15) is 16.8 Å². The van der Waals surface area contributed by atoms with Gasteiger partial charge in [0.05, 0.1) is 11.7 Å². The second kappa shape index (κ2) is 4.56. The molecule has 1 aromatic carbocycles. The summed E-state index contributed by atoms with van der Waals surface area (Å²) in [6.45, 7) is 0.110. The van der Waals surface area contributed by atoms with E-state index in [1.807, 2.05) is 0 Å². The number of rotatable bonds is 1. The first-order valence-corrected chi connectivity index (χ1v) is 5.22. The molecule has 1 aromatic rings. The number of hydrogen-bond donors (Lipinski definition) is 1. The largest absolute Gasteiger partial charge is 0.391 e. The van der Waals surface area contributed by atoms with E-state index in [2.05, 4.69) is 0 Å². The van der Waals surface area contributed by atoms with E-state index in [0.29, 0.717) is 12.5 Å². The lowest BCUT2D eigenvalue weighted by atomic mass is 10.1. The Morgan fingerprint density at radius 1 is 1.22 bits per heavy atom. The fraction of sp³-hybridized carbons (Fsp3) is 0.364. The molecule has 2 rings (SSSR count). The molecule has 7 heteroatoms. The predicted molar refractivity (Wildman–Crippen MR) is 52.8 cm³/mol. The number of benzene rings is 1. The number of halogens is 4. The number of likely N-dealkylation sites (tertiary alicyclic amines) is 1. The Morgan fingerprint density at radius 2 is 1.89 bits per heavy atom. The molecule has 0 bridgehead atoms. The quantitative estimate of drug-likeness (QED) is 0.473. The summed E-state index contributed by atoms with van der Waals surface area (Å²) in [5.74, 6) is -8.29. The highest BCUT2D eigenvalue weighted by atomic mass is 19.2. The van der Waals surface area contributed by atoms with Crippen LogP contribution in [0.15, 0.2) is 6.07 Å². The standard InChI is InChI=1S/C11H9F4NO2/c12-7-3-6(8(13)10(15)9(7)14)11(18)16-2-1-5(17)4-16/h3,5,17H,1-2,4H2/t5-/m1/s1. The maximum absolute atomic E-state index is 13.4. The maximum atomic E-state index is 13.4. The van der Waals surface area contributed by atoms with Crippen molar-refractivity contribution in [1.29, 1.82) is 0 Å².